The van der Waals surface area contributed by atoms with Crippen LogP contribution in [0.3, 0.4) is 0 Å². The van der Waals surface area contributed by atoms with Gasteiger partial charge >= 0.3 is 0 Å². The van der Waals surface area contributed by atoms with E-state index in [4.69, 9.17) is 20.4 Å². The Morgan fingerprint density at radius 2 is 0.844 bits per heavy atom. The number of imidazole rings is 3. The van der Waals surface area contributed by atoms with Gasteiger partial charge in [0.1, 0.15) is 49.3 Å². The number of hydrogen-bond donors (Lipinski definition) is 4. The topological polar surface area (TPSA) is 261 Å². The van der Waals surface area contributed by atoms with Gasteiger partial charge in [0.25, 0.3) is 11.5 Å². The van der Waals surface area contributed by atoms with Gasteiger partial charge in [-0.2, -0.15) is 8.97 Å². The predicted octanol–water partition coefficient (Wildman–Crippen LogP) is 24.7. The van der Waals surface area contributed by atoms with E-state index in [1.54, 1.807) is 18.9 Å². The third-order valence-corrected chi connectivity index (χ3v) is 21.0. The second kappa shape index (κ2) is 55.7. The molecule has 0 spiro atoms. The van der Waals surface area contributed by atoms with Crippen molar-refractivity contribution in [1.82, 2.24) is 48.4 Å². The number of aliphatic hydroxyl groups is 4. The molecule has 0 amide bonds. The molecule has 9 heterocycles. The van der Waals surface area contributed by atoms with Gasteiger partial charge in [-0.3, -0.25) is 39.1 Å². The molecule has 0 aliphatic carbocycles. The summed E-state index contributed by atoms with van der Waals surface area (Å²) in [6, 6.07) is 118. The number of carbonyl (C=O) groups is 4. The van der Waals surface area contributed by atoms with Gasteiger partial charge in [0.15, 0.2) is 34.2 Å². The summed E-state index contributed by atoms with van der Waals surface area (Å²) in [5, 5.41) is 37.6. The zero-order chi connectivity index (χ0) is 97.3. The summed E-state index contributed by atoms with van der Waals surface area (Å²) in [5.41, 5.74) is 26.8. The normalized spacial score (nSPS) is 11.0. The maximum atomic E-state index is 10.0. The number of pyridine rings is 1. The number of fused-ring (bicyclic) bond motifs is 9. The molecular formula is C117H106Ir4N12O8-2. The molecule has 0 bridgehead atoms. The molecule has 21 rings (SSSR count). The summed E-state index contributed by atoms with van der Waals surface area (Å²) in [5.74, 6) is 1.94. The molecule has 0 fully saturated rings. The van der Waals surface area contributed by atoms with Crippen LogP contribution in [-0.2, 0) is 113 Å². The third-order valence-electron chi connectivity index (χ3n) is 21.0. The Bertz CT molecular complexity index is 7260. The van der Waals surface area contributed by atoms with E-state index < -0.39 is 0 Å². The molecule has 24 heteroatoms. The minimum Gasteiger partial charge on any atom is -0.512 e. The summed E-state index contributed by atoms with van der Waals surface area (Å²) in [4.78, 5) is 70.7. The summed E-state index contributed by atoms with van der Waals surface area (Å²) in [6.07, 6.45) is 17.7. The third kappa shape index (κ3) is 31.1. The molecule has 4 radical (unpaired) electrons. The molecule has 2 aliphatic heterocycles. The Kier molecular flexibility index (Phi) is 44.1. The fourth-order valence-electron chi connectivity index (χ4n) is 15.5. The van der Waals surface area contributed by atoms with Crippen LogP contribution in [0.15, 0.2) is 400 Å². The van der Waals surface area contributed by atoms with E-state index in [1.807, 2.05) is 196 Å². The van der Waals surface area contributed by atoms with Crippen molar-refractivity contribution in [2.45, 2.75) is 96.2 Å². The fourth-order valence-corrected chi connectivity index (χ4v) is 15.5. The molecule has 4 N–H and O–H groups in total. The van der Waals surface area contributed by atoms with E-state index in [9.17, 15) is 19.2 Å². The Morgan fingerprint density at radius 3 is 1.38 bits per heavy atom. The smallest absolute Gasteiger partial charge is 0.296 e. The van der Waals surface area contributed by atoms with Gasteiger partial charge in [-0.25, -0.2) is 19.1 Å². The van der Waals surface area contributed by atoms with Crippen molar-refractivity contribution < 1.29 is 129 Å². The predicted molar refractivity (Wildman–Crippen MR) is 545 cm³/mol. The minimum atomic E-state index is -0.125. The monoisotopic (exact) mass is 2580 g/mol. The van der Waals surface area contributed by atoms with Crippen molar-refractivity contribution >= 4 is 61.5 Å². The maximum Gasteiger partial charge on any atom is 0.296 e. The van der Waals surface area contributed by atoms with Crippen LogP contribution >= 0.6 is 0 Å². The molecule has 7 aromatic heterocycles. The SMILES string of the molecule is CC(=O)C=C(C)O.CC(=O)C=C(C)O.CC(=O)C=C(C)O.CC(=O)C=C(C)O.Cc1ccccc1-c1ncnc(-c2[c-]cccc2)c1C.Cc1cnc(-c2[c-]cccc2)c(C)n1.[Ir].[Ir].[Ir].[Ir].[c-]1ccccc1-c1cc(-c2ccccc2)ncn1.[c-]1ccccc1-c1nccn1-c1ccccc1.c1cc2c3c(c1)c1ccccc1n1c4ccccc4[n+](c31)C2.c1ccc(-n2cc[n+]3c2-c2ccccc2C3)cc1. The van der Waals surface area contributed by atoms with Crippen molar-refractivity contribution in [1.29, 1.82) is 0 Å². The zero-order valence-corrected chi connectivity index (χ0v) is 89.4. The Hall–Kier alpha value is -14.8. The number of carbonyl (C=O) groups excluding carboxylic acids is 4. The molecule has 20 nitrogen and oxygen atoms in total. The van der Waals surface area contributed by atoms with Crippen LogP contribution in [0.2, 0.25) is 0 Å². The first-order valence-corrected chi connectivity index (χ1v) is 44.3. The Morgan fingerprint density at radius 1 is 0.390 bits per heavy atom. The number of benzene rings is 12. The first-order chi connectivity index (χ1) is 66.3. The quantitative estimate of drug-likeness (QED) is 0.0291. The first kappa shape index (κ1) is 112. The molecule has 141 heavy (non-hydrogen) atoms. The van der Waals surface area contributed by atoms with Crippen LogP contribution in [-0.4, -0.2) is 92.0 Å². The van der Waals surface area contributed by atoms with Gasteiger partial charge in [0.05, 0.1) is 56.9 Å². The van der Waals surface area contributed by atoms with Crippen LogP contribution in [0.1, 0.15) is 89.0 Å². The number of hydrogen-bond acceptors (Lipinski definition) is 15. The Balaban J connectivity index is 0.000000196. The molecule has 0 unspecified atom stereocenters. The van der Waals surface area contributed by atoms with Crippen LogP contribution in [0, 0.1) is 52.0 Å². The van der Waals surface area contributed by atoms with Crippen LogP contribution in [0.5, 0.6) is 0 Å². The van der Waals surface area contributed by atoms with Gasteiger partial charge in [0, 0.05) is 168 Å². The summed E-state index contributed by atoms with van der Waals surface area (Å²) in [7, 11) is 0. The van der Waals surface area contributed by atoms with Gasteiger partial charge in [0.2, 0.25) is 0 Å². The number of ketones is 4. The average molecular weight is 2580 g/mol. The van der Waals surface area contributed by atoms with E-state index in [2.05, 4.69) is 248 Å². The molecule has 2 aliphatic rings. The van der Waals surface area contributed by atoms with Gasteiger partial charge < -0.3 is 30.0 Å². The van der Waals surface area contributed by atoms with Crippen molar-refractivity contribution in [3.8, 4) is 90.4 Å². The van der Waals surface area contributed by atoms with Crippen molar-refractivity contribution in [3.05, 3.63) is 458 Å². The molecule has 720 valence electrons. The summed E-state index contributed by atoms with van der Waals surface area (Å²) < 4.78 is 11.5. The van der Waals surface area contributed by atoms with Crippen molar-refractivity contribution in [3.63, 3.8) is 0 Å². The molecule has 12 aromatic carbocycles. The van der Waals surface area contributed by atoms with Gasteiger partial charge in [-0.1, -0.05) is 164 Å². The molecular weight excluding hydrogens is 2470 g/mol. The van der Waals surface area contributed by atoms with Gasteiger partial charge in [-0.15, -0.1) is 144 Å². The van der Waals surface area contributed by atoms with Gasteiger partial charge in [-0.05, 0) is 160 Å². The summed E-state index contributed by atoms with van der Waals surface area (Å²) >= 11 is 0. The number of aromatic nitrogens is 12. The standard InChI is InChI=1S/C20H13N2.C18H15N2.C16H13N2.C16H11N2.C15H11N2.C12H11N2.4C5H8O2.4Ir/c1-2-9-16-14(7-1)15-8-5-6-13-12-21-17-10-3-4-11-18(17)22(16)20(21)19(13)15;1-13-8-6-7-11-16(13)18-14(2)17(19-12-20-18)15-9-4-3-5-10-15;1-2-7-14(8-3-1)18-11-10-17-12-13-6-4-5-9-15(13)16(17)18;1-3-7-13(8-4-1)15-11-16(18-12-17-15)14-9-5-2-6-10-14;1-3-7-13(8-4-1)15-16-11-12-17(15)14-9-5-2-6-10-14;1-9-8-13-12(10(2)14-9)11-6-4-3-5-7-11;4*1-4(6)3-5(2)7;;;;/h1-11H,12H2;3-9,11-12H,1-2H3;1-11H,12H2;1-9,11-12H;1-7,9-12H;3-6,8H,1-2H3;4*3,6H,1-2H3;;;;/q+1;-1;+1;3*-1;;;;;;;;. The number of nitrogens with zero attached hydrogens (tertiary/aromatic N) is 12. The second-order valence-electron chi connectivity index (χ2n) is 32.0. The molecule has 0 saturated heterocycles. The van der Waals surface area contributed by atoms with Crippen molar-refractivity contribution in [2.24, 2.45) is 0 Å². The van der Waals surface area contributed by atoms with Crippen LogP contribution < -0.4 is 9.13 Å². The van der Waals surface area contributed by atoms with E-state index in [1.165, 1.54) is 152 Å². The van der Waals surface area contributed by atoms with Crippen molar-refractivity contribution in [2.75, 3.05) is 0 Å². The zero-order valence-electron chi connectivity index (χ0n) is 79.8. The number of allylic oxidation sites excluding steroid dienone is 8. The van der Waals surface area contributed by atoms with E-state index in [0.717, 1.165) is 103 Å². The average Bonchev–Trinajstić information content (AvgIpc) is 1.53. The Labute approximate surface area is 876 Å². The minimum absolute atomic E-state index is 0. The fraction of sp³-hybridized carbons (Fsp3) is 0.120. The molecule has 0 saturated carbocycles. The summed E-state index contributed by atoms with van der Waals surface area (Å²) in [6.45, 7) is 21.4. The van der Waals surface area contributed by atoms with Crippen LogP contribution in [0.25, 0.3) is 129 Å². The van der Waals surface area contributed by atoms with E-state index in [0.29, 0.717) is 0 Å². The van der Waals surface area contributed by atoms with E-state index in [-0.39, 0.29) is 127 Å². The second-order valence-corrected chi connectivity index (χ2v) is 32.0. The van der Waals surface area contributed by atoms with E-state index >= 15 is 0 Å². The largest absolute Gasteiger partial charge is 0.512 e. The number of rotatable bonds is 12. The molecule has 19 aromatic rings. The first-order valence-electron chi connectivity index (χ1n) is 44.3. The maximum absolute atomic E-state index is 10.0. The number of para-hydroxylation sites is 5. The molecule has 0 atom stereocenters. The number of aryl methyl sites for hydroxylation is 3. The van der Waals surface area contributed by atoms with Crippen LogP contribution in [0.4, 0.5) is 0 Å². The number of aliphatic hydroxyl groups excluding tert-OH is 4.